The Morgan fingerprint density at radius 2 is 2.06 bits per heavy atom. The van der Waals surface area contributed by atoms with Gasteiger partial charge in [0.1, 0.15) is 6.54 Å². The largest absolute Gasteiger partial charge is 0.465 e. The van der Waals surface area contributed by atoms with Crippen molar-refractivity contribution in [2.24, 2.45) is 5.92 Å². The minimum absolute atomic E-state index is 0.0564. The predicted molar refractivity (Wildman–Crippen MR) is 68.1 cm³/mol. The summed E-state index contributed by atoms with van der Waals surface area (Å²) in [6.45, 7) is 5.98. The molecule has 1 saturated carbocycles. The predicted octanol–water partition coefficient (Wildman–Crippen LogP) is 0.504. The van der Waals surface area contributed by atoms with Crippen molar-refractivity contribution in [2.45, 2.75) is 39.7 Å². The number of ether oxygens (including phenoxy) is 1. The Labute approximate surface area is 109 Å². The van der Waals surface area contributed by atoms with E-state index in [1.807, 2.05) is 13.8 Å². The van der Waals surface area contributed by atoms with Crippen molar-refractivity contribution in [3.63, 3.8) is 0 Å². The van der Waals surface area contributed by atoms with Gasteiger partial charge in [-0.25, -0.2) is 4.72 Å². The summed E-state index contributed by atoms with van der Waals surface area (Å²) in [5, 5.41) is 0. The lowest BCUT2D eigenvalue weighted by Crippen LogP contribution is -2.45. The molecular weight excluding hydrogens is 256 g/mol. The number of esters is 1. The second-order valence-electron chi connectivity index (χ2n) is 4.83. The van der Waals surface area contributed by atoms with Crippen molar-refractivity contribution in [3.8, 4) is 0 Å². The van der Waals surface area contributed by atoms with Crippen molar-refractivity contribution in [3.05, 3.63) is 0 Å². The van der Waals surface area contributed by atoms with Crippen LogP contribution in [0.3, 0.4) is 0 Å². The highest BCUT2D eigenvalue weighted by atomic mass is 32.2. The van der Waals surface area contributed by atoms with Crippen molar-refractivity contribution in [2.75, 3.05) is 19.7 Å². The van der Waals surface area contributed by atoms with Crippen molar-refractivity contribution < 1.29 is 17.9 Å². The number of carbonyl (C=O) groups is 1. The Morgan fingerprint density at radius 3 is 2.50 bits per heavy atom. The van der Waals surface area contributed by atoms with Crippen molar-refractivity contribution in [1.82, 2.24) is 9.03 Å². The molecule has 0 unspecified atom stereocenters. The molecule has 1 aliphatic rings. The molecule has 0 saturated heterocycles. The lowest BCUT2D eigenvalue weighted by atomic mass is 10.2. The minimum atomic E-state index is -3.59. The summed E-state index contributed by atoms with van der Waals surface area (Å²) in [7, 11) is -3.59. The SMILES string of the molecule is CCOC(=O)CN(C1CC1)S(=O)(=O)NCC(C)C. The third-order valence-electron chi connectivity index (χ3n) is 2.53. The Balaban J connectivity index is 2.63. The molecule has 1 rings (SSSR count). The Bertz CT molecular complexity index is 377. The molecule has 18 heavy (non-hydrogen) atoms. The van der Waals surface area contributed by atoms with E-state index in [2.05, 4.69) is 4.72 Å². The maximum absolute atomic E-state index is 12.1. The Morgan fingerprint density at radius 1 is 1.44 bits per heavy atom. The monoisotopic (exact) mass is 278 g/mol. The van der Waals surface area contributed by atoms with Gasteiger partial charge in [-0.3, -0.25) is 4.79 Å². The fraction of sp³-hybridized carbons (Fsp3) is 0.909. The molecule has 6 nitrogen and oxygen atoms in total. The molecule has 0 spiro atoms. The second kappa shape index (κ2) is 6.49. The number of rotatable bonds is 8. The number of carbonyl (C=O) groups excluding carboxylic acids is 1. The molecule has 0 bridgehead atoms. The first kappa shape index (κ1) is 15.4. The molecule has 0 aromatic carbocycles. The van der Waals surface area contributed by atoms with Gasteiger partial charge >= 0.3 is 5.97 Å². The zero-order valence-corrected chi connectivity index (χ0v) is 12.0. The molecule has 1 aliphatic carbocycles. The normalized spacial score (nSPS) is 16.3. The topological polar surface area (TPSA) is 75.7 Å². The zero-order valence-electron chi connectivity index (χ0n) is 11.2. The second-order valence-corrected chi connectivity index (χ2v) is 6.54. The number of hydrogen-bond donors (Lipinski definition) is 1. The van der Waals surface area contributed by atoms with Gasteiger partial charge < -0.3 is 4.74 Å². The van der Waals surface area contributed by atoms with Gasteiger partial charge in [-0.15, -0.1) is 0 Å². The zero-order chi connectivity index (χ0) is 13.8. The van der Waals surface area contributed by atoms with Crippen LogP contribution in [-0.2, 0) is 19.7 Å². The van der Waals surface area contributed by atoms with Gasteiger partial charge in [-0.1, -0.05) is 13.8 Å². The van der Waals surface area contributed by atoms with Crippen molar-refractivity contribution in [1.29, 1.82) is 0 Å². The van der Waals surface area contributed by atoms with Gasteiger partial charge in [0.25, 0.3) is 10.2 Å². The molecule has 0 aromatic heterocycles. The average Bonchev–Trinajstić information content (AvgIpc) is 3.07. The van der Waals surface area contributed by atoms with Gasteiger partial charge in [0, 0.05) is 12.6 Å². The summed E-state index contributed by atoms with van der Waals surface area (Å²) in [6, 6.07) is -0.0564. The van der Waals surface area contributed by atoms with Gasteiger partial charge in [0.15, 0.2) is 0 Å². The Kier molecular flexibility index (Phi) is 5.55. The Hall–Kier alpha value is -0.660. The van der Waals surface area contributed by atoms with E-state index in [4.69, 9.17) is 4.74 Å². The summed E-state index contributed by atoms with van der Waals surface area (Å²) in [4.78, 5) is 11.4. The van der Waals surface area contributed by atoms with Crippen LogP contribution in [0, 0.1) is 5.92 Å². The van der Waals surface area contributed by atoms with E-state index in [-0.39, 0.29) is 25.1 Å². The fourth-order valence-corrected chi connectivity index (χ4v) is 3.05. The van der Waals surface area contributed by atoms with Crippen LogP contribution in [-0.4, -0.2) is 44.4 Å². The van der Waals surface area contributed by atoms with E-state index in [0.29, 0.717) is 6.54 Å². The number of hydrogen-bond acceptors (Lipinski definition) is 4. The molecule has 106 valence electrons. The van der Waals surface area contributed by atoms with Gasteiger partial charge in [0.2, 0.25) is 0 Å². The lowest BCUT2D eigenvalue weighted by molar-refractivity contribution is -0.143. The van der Waals surface area contributed by atoms with E-state index in [1.54, 1.807) is 6.92 Å². The summed E-state index contributed by atoms with van der Waals surface area (Å²) in [5.41, 5.74) is 0. The lowest BCUT2D eigenvalue weighted by Gasteiger charge is -2.21. The van der Waals surface area contributed by atoms with E-state index in [1.165, 1.54) is 4.31 Å². The molecule has 1 N–H and O–H groups in total. The van der Waals surface area contributed by atoms with Crippen LogP contribution in [0.2, 0.25) is 0 Å². The summed E-state index contributed by atoms with van der Waals surface area (Å²) < 4.78 is 32.7. The quantitative estimate of drug-likeness (QED) is 0.656. The molecular formula is C11H22N2O4S. The first-order valence-electron chi connectivity index (χ1n) is 6.29. The van der Waals surface area contributed by atoms with E-state index >= 15 is 0 Å². The highest BCUT2D eigenvalue weighted by Crippen LogP contribution is 2.28. The first-order chi connectivity index (χ1) is 8.36. The maximum atomic E-state index is 12.1. The van der Waals surface area contributed by atoms with Crippen LogP contribution >= 0.6 is 0 Å². The number of nitrogens with one attached hydrogen (secondary N) is 1. The summed E-state index contributed by atoms with van der Waals surface area (Å²) in [6.07, 6.45) is 1.62. The molecule has 0 heterocycles. The number of nitrogens with zero attached hydrogens (tertiary/aromatic N) is 1. The third kappa shape index (κ3) is 4.91. The van der Waals surface area contributed by atoms with Crippen LogP contribution in [0.5, 0.6) is 0 Å². The van der Waals surface area contributed by atoms with E-state index in [0.717, 1.165) is 12.8 Å². The molecule has 1 fully saturated rings. The van der Waals surface area contributed by atoms with Crippen molar-refractivity contribution >= 4 is 16.2 Å². The van der Waals surface area contributed by atoms with Crippen LogP contribution in [0.4, 0.5) is 0 Å². The molecule has 0 aliphatic heterocycles. The van der Waals surface area contributed by atoms with Crippen LogP contribution < -0.4 is 4.72 Å². The summed E-state index contributed by atoms with van der Waals surface area (Å²) >= 11 is 0. The highest BCUT2D eigenvalue weighted by molar-refractivity contribution is 7.87. The molecule has 0 aromatic rings. The first-order valence-corrected chi connectivity index (χ1v) is 7.73. The standard InChI is InChI=1S/C11H22N2O4S/c1-4-17-11(14)8-13(10-5-6-10)18(15,16)12-7-9(2)3/h9-10,12H,4-8H2,1-3H3. The van der Waals surface area contributed by atoms with Gasteiger partial charge in [0.05, 0.1) is 6.61 Å². The average molecular weight is 278 g/mol. The van der Waals surface area contributed by atoms with Crippen LogP contribution in [0.1, 0.15) is 33.6 Å². The minimum Gasteiger partial charge on any atom is -0.465 e. The van der Waals surface area contributed by atoms with Gasteiger partial charge in [-0.05, 0) is 25.7 Å². The van der Waals surface area contributed by atoms with E-state index in [9.17, 15) is 13.2 Å². The highest BCUT2D eigenvalue weighted by Gasteiger charge is 2.38. The van der Waals surface area contributed by atoms with Gasteiger partial charge in [-0.2, -0.15) is 12.7 Å². The summed E-state index contributed by atoms with van der Waals surface area (Å²) in [5.74, 6) is -0.275. The molecule has 0 radical (unpaired) electrons. The molecule has 0 atom stereocenters. The third-order valence-corrected chi connectivity index (χ3v) is 4.10. The maximum Gasteiger partial charge on any atom is 0.321 e. The van der Waals surface area contributed by atoms with E-state index < -0.39 is 16.2 Å². The van der Waals surface area contributed by atoms with Crippen LogP contribution in [0.25, 0.3) is 0 Å². The molecule has 0 amide bonds. The smallest absolute Gasteiger partial charge is 0.321 e. The molecule has 7 heteroatoms. The van der Waals surface area contributed by atoms with Crippen LogP contribution in [0.15, 0.2) is 0 Å². The fourth-order valence-electron chi connectivity index (χ4n) is 1.46.